The SMILES string of the molecule is O=C(O)COc1ccc(/C=C/Br)cc1[N+](=O)[O-]. The van der Waals surface area contributed by atoms with Gasteiger partial charge in [-0.15, -0.1) is 0 Å². The highest BCUT2D eigenvalue weighted by Gasteiger charge is 2.16. The smallest absolute Gasteiger partial charge is 0.341 e. The van der Waals surface area contributed by atoms with E-state index < -0.39 is 17.5 Å². The van der Waals surface area contributed by atoms with Crippen LogP contribution in [-0.4, -0.2) is 22.6 Å². The Hall–Kier alpha value is -1.89. The molecule has 0 aliphatic carbocycles. The Morgan fingerprint density at radius 1 is 1.59 bits per heavy atom. The molecule has 17 heavy (non-hydrogen) atoms. The number of nitrogens with zero attached hydrogens (tertiary/aromatic N) is 1. The molecule has 0 fully saturated rings. The monoisotopic (exact) mass is 301 g/mol. The minimum Gasteiger partial charge on any atom is -0.479 e. The van der Waals surface area contributed by atoms with E-state index in [1.165, 1.54) is 12.1 Å². The zero-order valence-corrected chi connectivity index (χ0v) is 10.1. The van der Waals surface area contributed by atoms with E-state index in [0.717, 1.165) is 0 Å². The van der Waals surface area contributed by atoms with Crippen molar-refractivity contribution in [3.63, 3.8) is 0 Å². The number of carboxylic acid groups (broad SMARTS) is 1. The number of hydrogen-bond donors (Lipinski definition) is 1. The normalized spacial score (nSPS) is 10.4. The van der Waals surface area contributed by atoms with Crippen molar-refractivity contribution in [2.24, 2.45) is 0 Å². The number of carbonyl (C=O) groups is 1. The Morgan fingerprint density at radius 2 is 2.29 bits per heavy atom. The number of nitro groups is 1. The van der Waals surface area contributed by atoms with Crippen molar-refractivity contribution in [1.82, 2.24) is 0 Å². The lowest BCUT2D eigenvalue weighted by atomic mass is 10.2. The van der Waals surface area contributed by atoms with Crippen molar-refractivity contribution < 1.29 is 19.6 Å². The molecule has 7 heteroatoms. The number of carboxylic acids is 1. The highest BCUT2D eigenvalue weighted by Crippen LogP contribution is 2.28. The third-order valence-electron chi connectivity index (χ3n) is 1.79. The zero-order valence-electron chi connectivity index (χ0n) is 8.50. The number of hydrogen-bond acceptors (Lipinski definition) is 4. The number of aliphatic carboxylic acids is 1. The van der Waals surface area contributed by atoms with Gasteiger partial charge >= 0.3 is 11.7 Å². The summed E-state index contributed by atoms with van der Waals surface area (Å²) < 4.78 is 4.82. The summed E-state index contributed by atoms with van der Waals surface area (Å²) in [4.78, 5) is 22.0. The van der Waals surface area contributed by atoms with Gasteiger partial charge in [-0.05, 0) is 22.7 Å². The van der Waals surface area contributed by atoms with E-state index >= 15 is 0 Å². The molecule has 0 spiro atoms. The maximum absolute atomic E-state index is 10.8. The van der Waals surface area contributed by atoms with Crippen LogP contribution in [0.15, 0.2) is 23.2 Å². The molecule has 1 N–H and O–H groups in total. The molecule has 0 radical (unpaired) electrons. The number of rotatable bonds is 5. The van der Waals surface area contributed by atoms with Gasteiger partial charge in [-0.1, -0.05) is 22.0 Å². The van der Waals surface area contributed by atoms with Crippen molar-refractivity contribution in [1.29, 1.82) is 0 Å². The van der Waals surface area contributed by atoms with Crippen molar-refractivity contribution in [3.8, 4) is 5.75 Å². The lowest BCUT2D eigenvalue weighted by molar-refractivity contribution is -0.385. The van der Waals surface area contributed by atoms with Gasteiger partial charge in [-0.2, -0.15) is 0 Å². The lowest BCUT2D eigenvalue weighted by Gasteiger charge is -2.04. The average molecular weight is 302 g/mol. The van der Waals surface area contributed by atoms with E-state index in [1.54, 1.807) is 17.1 Å². The Kier molecular flexibility index (Phi) is 4.65. The molecule has 6 nitrogen and oxygen atoms in total. The van der Waals surface area contributed by atoms with Crippen molar-refractivity contribution in [2.75, 3.05) is 6.61 Å². The molecule has 0 aliphatic rings. The largest absolute Gasteiger partial charge is 0.479 e. The van der Waals surface area contributed by atoms with Gasteiger partial charge < -0.3 is 9.84 Å². The molecule has 0 unspecified atom stereocenters. The van der Waals surface area contributed by atoms with Gasteiger partial charge in [0, 0.05) is 6.07 Å². The van der Waals surface area contributed by atoms with E-state index in [1.807, 2.05) is 0 Å². The van der Waals surface area contributed by atoms with Crippen LogP contribution in [0.5, 0.6) is 5.75 Å². The molecule has 0 saturated carbocycles. The van der Waals surface area contributed by atoms with E-state index in [2.05, 4.69) is 15.9 Å². The van der Waals surface area contributed by atoms with E-state index in [9.17, 15) is 14.9 Å². The second-order valence-corrected chi connectivity index (χ2v) is 3.49. The molecule has 0 bridgehead atoms. The molecule has 1 rings (SSSR count). The molecule has 90 valence electrons. The highest BCUT2D eigenvalue weighted by molar-refractivity contribution is 9.11. The second-order valence-electron chi connectivity index (χ2n) is 2.96. The topological polar surface area (TPSA) is 89.7 Å². The molecule has 1 aromatic rings. The van der Waals surface area contributed by atoms with Gasteiger partial charge in [0.15, 0.2) is 12.4 Å². The minimum absolute atomic E-state index is 0.0656. The lowest BCUT2D eigenvalue weighted by Crippen LogP contribution is -2.10. The standard InChI is InChI=1S/C10H8BrNO5/c11-4-3-7-1-2-9(17-6-10(13)14)8(5-7)12(15)16/h1-5H,6H2,(H,13,14)/b4-3+. The van der Waals surface area contributed by atoms with Gasteiger partial charge in [-0.25, -0.2) is 4.79 Å². The van der Waals surface area contributed by atoms with Crippen LogP contribution in [0.1, 0.15) is 5.56 Å². The van der Waals surface area contributed by atoms with Crippen LogP contribution in [0.4, 0.5) is 5.69 Å². The van der Waals surface area contributed by atoms with E-state index in [0.29, 0.717) is 5.56 Å². The summed E-state index contributed by atoms with van der Waals surface area (Å²) in [6.07, 6.45) is 1.62. The highest BCUT2D eigenvalue weighted by atomic mass is 79.9. The molecular weight excluding hydrogens is 294 g/mol. The predicted molar refractivity (Wildman–Crippen MR) is 64.2 cm³/mol. The van der Waals surface area contributed by atoms with Gasteiger partial charge in [0.25, 0.3) is 0 Å². The van der Waals surface area contributed by atoms with Gasteiger partial charge in [0.2, 0.25) is 0 Å². The van der Waals surface area contributed by atoms with Gasteiger partial charge in [-0.3, -0.25) is 10.1 Å². The fourth-order valence-electron chi connectivity index (χ4n) is 1.12. The molecule has 0 amide bonds. The summed E-state index contributed by atoms with van der Waals surface area (Å²) in [7, 11) is 0. The number of benzene rings is 1. The zero-order chi connectivity index (χ0) is 12.8. The molecule has 1 aromatic carbocycles. The number of halogens is 1. The summed E-state index contributed by atoms with van der Waals surface area (Å²) in [5, 5.41) is 19.2. The molecule has 0 heterocycles. The van der Waals surface area contributed by atoms with E-state index in [4.69, 9.17) is 9.84 Å². The molecule has 0 aromatic heterocycles. The maximum atomic E-state index is 10.8. The summed E-state index contributed by atoms with van der Waals surface area (Å²) in [5.74, 6) is -1.26. The first-order chi connectivity index (χ1) is 8.04. The van der Waals surface area contributed by atoms with Crippen molar-refractivity contribution in [3.05, 3.63) is 38.9 Å². The molecular formula is C10H8BrNO5. The minimum atomic E-state index is -1.19. The fraction of sp³-hybridized carbons (Fsp3) is 0.100. The molecule has 0 saturated heterocycles. The van der Waals surface area contributed by atoms with Crippen molar-refractivity contribution >= 4 is 33.7 Å². The van der Waals surface area contributed by atoms with Gasteiger partial charge in [0.05, 0.1) is 4.92 Å². The van der Waals surface area contributed by atoms with Crippen LogP contribution in [0.25, 0.3) is 6.08 Å². The maximum Gasteiger partial charge on any atom is 0.341 e. The predicted octanol–water partition coefficient (Wildman–Crippen LogP) is 2.42. The Labute approximate surface area is 105 Å². The van der Waals surface area contributed by atoms with Gasteiger partial charge in [0.1, 0.15) is 0 Å². The van der Waals surface area contributed by atoms with Crippen LogP contribution in [0, 0.1) is 10.1 Å². The van der Waals surface area contributed by atoms with E-state index in [-0.39, 0.29) is 11.4 Å². The third kappa shape index (κ3) is 3.87. The van der Waals surface area contributed by atoms with Crippen LogP contribution < -0.4 is 4.74 Å². The first kappa shape index (κ1) is 13.2. The fourth-order valence-corrected chi connectivity index (χ4v) is 1.42. The third-order valence-corrected chi connectivity index (χ3v) is 2.05. The first-order valence-corrected chi connectivity index (χ1v) is 5.36. The Balaban J connectivity index is 3.04. The summed E-state index contributed by atoms with van der Waals surface area (Å²) in [6, 6.07) is 4.25. The Bertz CT molecular complexity index is 472. The summed E-state index contributed by atoms with van der Waals surface area (Å²) >= 11 is 3.06. The van der Waals surface area contributed by atoms with Crippen LogP contribution in [0.2, 0.25) is 0 Å². The number of ether oxygens (including phenoxy) is 1. The number of nitro benzene ring substituents is 1. The molecule has 0 atom stereocenters. The quantitative estimate of drug-likeness (QED) is 0.666. The van der Waals surface area contributed by atoms with Crippen LogP contribution in [-0.2, 0) is 4.79 Å². The summed E-state index contributed by atoms with van der Waals surface area (Å²) in [6.45, 7) is -0.617. The second kappa shape index (κ2) is 6.00. The Morgan fingerprint density at radius 3 is 2.82 bits per heavy atom. The van der Waals surface area contributed by atoms with Crippen LogP contribution >= 0.6 is 15.9 Å². The summed E-state index contributed by atoms with van der Waals surface area (Å²) in [5.41, 5.74) is 0.339. The molecule has 0 aliphatic heterocycles. The average Bonchev–Trinajstić information content (AvgIpc) is 2.27. The first-order valence-electron chi connectivity index (χ1n) is 4.44. The van der Waals surface area contributed by atoms with Crippen molar-refractivity contribution in [2.45, 2.75) is 0 Å². The van der Waals surface area contributed by atoms with Crippen LogP contribution in [0.3, 0.4) is 0 Å².